The topological polar surface area (TPSA) is 30.0 Å². The second kappa shape index (κ2) is 3.59. The fraction of sp³-hybridized carbons (Fsp3) is 0.0909. The first-order chi connectivity index (χ1) is 7.48. The van der Waals surface area contributed by atoms with Gasteiger partial charge in [-0.15, -0.1) is 0 Å². The average molecular weight is 225 g/mol. The molecule has 1 heterocycles. The number of benzene rings is 1. The normalized spacial score (nSPS) is 11.7. The summed E-state index contributed by atoms with van der Waals surface area (Å²) in [6.45, 7) is 0. The highest BCUT2D eigenvalue weighted by molar-refractivity contribution is 6.03. The smallest absolute Gasteiger partial charge is 0.284 e. The van der Waals surface area contributed by atoms with E-state index in [1.54, 1.807) is 6.07 Å². The van der Waals surface area contributed by atoms with E-state index in [-0.39, 0.29) is 5.56 Å². The zero-order valence-corrected chi connectivity index (χ0v) is 7.95. The lowest BCUT2D eigenvalue weighted by atomic mass is 10.1. The van der Waals surface area contributed by atoms with Gasteiger partial charge in [0, 0.05) is 23.3 Å². The fourth-order valence-corrected chi connectivity index (χ4v) is 1.39. The quantitative estimate of drug-likeness (QED) is 0.698. The molecule has 0 aliphatic heterocycles. The van der Waals surface area contributed by atoms with Crippen LogP contribution in [-0.4, -0.2) is 16.9 Å². The van der Waals surface area contributed by atoms with E-state index in [0.29, 0.717) is 10.8 Å². The second-order valence-electron chi connectivity index (χ2n) is 3.26. The van der Waals surface area contributed by atoms with Gasteiger partial charge in [-0.2, -0.15) is 13.2 Å². The Kier molecular flexibility index (Phi) is 2.38. The number of rotatable bonds is 1. The van der Waals surface area contributed by atoms with Gasteiger partial charge in [-0.3, -0.25) is 9.78 Å². The van der Waals surface area contributed by atoms with E-state index in [1.807, 2.05) is 0 Å². The van der Waals surface area contributed by atoms with Crippen LogP contribution in [0, 0.1) is 0 Å². The van der Waals surface area contributed by atoms with Crippen LogP contribution in [0.5, 0.6) is 0 Å². The molecule has 0 radical (unpaired) electrons. The first-order valence-corrected chi connectivity index (χ1v) is 4.44. The van der Waals surface area contributed by atoms with E-state index >= 15 is 0 Å². The van der Waals surface area contributed by atoms with Gasteiger partial charge in [-0.05, 0) is 17.5 Å². The number of carbonyl (C=O) groups excluding carboxylic acids is 1. The molecule has 82 valence electrons. The number of ketones is 1. The number of fused-ring (bicyclic) bond motifs is 1. The summed E-state index contributed by atoms with van der Waals surface area (Å²) in [6.07, 6.45) is -1.85. The van der Waals surface area contributed by atoms with Crippen LogP contribution in [0.3, 0.4) is 0 Å². The molecule has 0 aliphatic rings. The summed E-state index contributed by atoms with van der Waals surface area (Å²) in [5.41, 5.74) is -0.355. The summed E-state index contributed by atoms with van der Waals surface area (Å²) in [5.74, 6) is -1.83. The van der Waals surface area contributed by atoms with Crippen LogP contribution >= 0.6 is 0 Å². The summed E-state index contributed by atoms with van der Waals surface area (Å²) in [7, 11) is 0. The number of halogens is 3. The third-order valence-corrected chi connectivity index (χ3v) is 2.16. The van der Waals surface area contributed by atoms with Crippen molar-refractivity contribution in [2.75, 3.05) is 0 Å². The molecule has 0 atom stereocenters. The predicted molar refractivity (Wildman–Crippen MR) is 52.1 cm³/mol. The Bertz CT molecular complexity index is 548. The lowest BCUT2D eigenvalue weighted by Gasteiger charge is -2.05. The van der Waals surface area contributed by atoms with Crippen molar-refractivity contribution in [3.05, 3.63) is 42.2 Å². The number of aromatic nitrogens is 1. The Balaban J connectivity index is 2.52. The van der Waals surface area contributed by atoms with Crippen molar-refractivity contribution in [3.63, 3.8) is 0 Å². The van der Waals surface area contributed by atoms with E-state index in [2.05, 4.69) is 4.98 Å². The third kappa shape index (κ3) is 1.88. The predicted octanol–water partition coefficient (Wildman–Crippen LogP) is 2.98. The Morgan fingerprint density at radius 1 is 1.12 bits per heavy atom. The summed E-state index contributed by atoms with van der Waals surface area (Å²) < 4.78 is 36.5. The monoisotopic (exact) mass is 225 g/mol. The fourth-order valence-electron chi connectivity index (χ4n) is 1.39. The maximum atomic E-state index is 12.2. The van der Waals surface area contributed by atoms with Crippen LogP contribution in [0.2, 0.25) is 0 Å². The van der Waals surface area contributed by atoms with E-state index in [0.717, 1.165) is 6.07 Å². The molecular weight excluding hydrogens is 219 g/mol. The number of alkyl halides is 3. The summed E-state index contributed by atoms with van der Waals surface area (Å²) in [6, 6.07) is 5.37. The minimum absolute atomic E-state index is 0.355. The molecule has 2 aromatic rings. The van der Waals surface area contributed by atoms with Crippen molar-refractivity contribution < 1.29 is 18.0 Å². The summed E-state index contributed by atoms with van der Waals surface area (Å²) in [4.78, 5) is 14.8. The van der Waals surface area contributed by atoms with Gasteiger partial charge >= 0.3 is 6.18 Å². The molecular formula is C11H6F3NO. The lowest BCUT2D eigenvalue weighted by molar-refractivity contribution is -0.0885. The van der Waals surface area contributed by atoms with Gasteiger partial charge in [0.05, 0.1) is 0 Å². The Labute approximate surface area is 88.7 Å². The van der Waals surface area contributed by atoms with E-state index in [1.165, 1.54) is 24.5 Å². The molecule has 2 nitrogen and oxygen atoms in total. The second-order valence-corrected chi connectivity index (χ2v) is 3.26. The molecule has 1 aromatic heterocycles. The zero-order chi connectivity index (χ0) is 11.8. The van der Waals surface area contributed by atoms with Crippen molar-refractivity contribution in [2.24, 2.45) is 0 Å². The minimum atomic E-state index is -4.83. The Hall–Kier alpha value is -1.91. The average Bonchev–Trinajstić information content (AvgIpc) is 2.26. The maximum Gasteiger partial charge on any atom is 0.454 e. The highest BCUT2D eigenvalue weighted by atomic mass is 19.4. The molecule has 2 rings (SSSR count). The SMILES string of the molecule is O=C(c1ccc2cnccc2c1)C(F)(F)F. The van der Waals surface area contributed by atoms with Gasteiger partial charge in [0.25, 0.3) is 5.78 Å². The molecule has 0 unspecified atom stereocenters. The highest BCUT2D eigenvalue weighted by Crippen LogP contribution is 2.23. The third-order valence-electron chi connectivity index (χ3n) is 2.16. The van der Waals surface area contributed by atoms with Gasteiger partial charge in [-0.25, -0.2) is 0 Å². The molecule has 0 amide bonds. The van der Waals surface area contributed by atoms with Crippen molar-refractivity contribution in [2.45, 2.75) is 6.18 Å². The minimum Gasteiger partial charge on any atom is -0.284 e. The lowest BCUT2D eigenvalue weighted by Crippen LogP contribution is -2.22. The first-order valence-electron chi connectivity index (χ1n) is 4.44. The van der Waals surface area contributed by atoms with Crippen molar-refractivity contribution in [3.8, 4) is 0 Å². The number of Topliss-reactive ketones (excluding diaryl/α,β-unsaturated/α-hetero) is 1. The van der Waals surface area contributed by atoms with Crippen LogP contribution in [-0.2, 0) is 0 Å². The maximum absolute atomic E-state index is 12.2. The molecule has 5 heteroatoms. The van der Waals surface area contributed by atoms with E-state index < -0.39 is 12.0 Å². The number of nitrogens with zero attached hydrogens (tertiary/aromatic N) is 1. The number of carbonyl (C=O) groups is 1. The van der Waals surface area contributed by atoms with Gasteiger partial charge in [-0.1, -0.05) is 12.1 Å². The van der Waals surface area contributed by atoms with Gasteiger partial charge < -0.3 is 0 Å². The molecule has 0 bridgehead atoms. The molecule has 0 saturated carbocycles. The standard InChI is InChI=1S/C11H6F3NO/c12-11(13,14)10(16)8-1-2-9-6-15-4-3-7(9)5-8/h1-6H. The molecule has 0 aliphatic carbocycles. The number of hydrogen-bond acceptors (Lipinski definition) is 2. The van der Waals surface area contributed by atoms with Crippen LogP contribution < -0.4 is 0 Å². The largest absolute Gasteiger partial charge is 0.454 e. The van der Waals surface area contributed by atoms with Crippen LogP contribution in [0.4, 0.5) is 13.2 Å². The molecule has 0 spiro atoms. The van der Waals surface area contributed by atoms with Gasteiger partial charge in [0.1, 0.15) is 0 Å². The van der Waals surface area contributed by atoms with Crippen molar-refractivity contribution in [1.29, 1.82) is 0 Å². The first kappa shape index (κ1) is 10.6. The Morgan fingerprint density at radius 2 is 1.88 bits per heavy atom. The molecule has 0 fully saturated rings. The van der Waals surface area contributed by atoms with Crippen LogP contribution in [0.1, 0.15) is 10.4 Å². The molecule has 16 heavy (non-hydrogen) atoms. The van der Waals surface area contributed by atoms with Gasteiger partial charge in [0.15, 0.2) is 0 Å². The van der Waals surface area contributed by atoms with Crippen molar-refractivity contribution in [1.82, 2.24) is 4.98 Å². The zero-order valence-electron chi connectivity index (χ0n) is 7.95. The number of pyridine rings is 1. The number of hydrogen-bond donors (Lipinski definition) is 0. The highest BCUT2D eigenvalue weighted by Gasteiger charge is 2.39. The van der Waals surface area contributed by atoms with Gasteiger partial charge in [0.2, 0.25) is 0 Å². The van der Waals surface area contributed by atoms with E-state index in [4.69, 9.17) is 0 Å². The molecule has 1 aromatic carbocycles. The van der Waals surface area contributed by atoms with Crippen LogP contribution in [0.15, 0.2) is 36.7 Å². The van der Waals surface area contributed by atoms with Crippen LogP contribution in [0.25, 0.3) is 10.8 Å². The molecule has 0 saturated heterocycles. The summed E-state index contributed by atoms with van der Waals surface area (Å²) >= 11 is 0. The Morgan fingerprint density at radius 3 is 2.56 bits per heavy atom. The van der Waals surface area contributed by atoms with E-state index in [9.17, 15) is 18.0 Å². The summed E-state index contributed by atoms with van der Waals surface area (Å²) in [5, 5.41) is 1.26. The molecule has 0 N–H and O–H groups in total. The van der Waals surface area contributed by atoms with Crippen molar-refractivity contribution >= 4 is 16.6 Å².